The van der Waals surface area contributed by atoms with Gasteiger partial charge in [-0.25, -0.2) is 4.79 Å². The second-order valence-corrected chi connectivity index (χ2v) is 10.8. The van der Waals surface area contributed by atoms with Crippen molar-refractivity contribution in [1.29, 1.82) is 0 Å². The van der Waals surface area contributed by atoms with Crippen LogP contribution in [-0.4, -0.2) is 100 Å². The number of benzene rings is 1. The highest BCUT2D eigenvalue weighted by atomic mass is 16.5. The maximum Gasteiger partial charge on any atom is 0.320 e. The van der Waals surface area contributed by atoms with E-state index in [0.29, 0.717) is 45.5 Å². The SMILES string of the molecule is COCCOCCOCCN1C[C@]2(CC[C@@](c3ccccc3)(N(C)C)CC2)N(CC2CCC2)C1=O. The number of carbonyl (C=O) groups is 1. The maximum atomic E-state index is 13.6. The second kappa shape index (κ2) is 12.0. The van der Waals surface area contributed by atoms with Crippen LogP contribution in [-0.2, 0) is 19.7 Å². The van der Waals surface area contributed by atoms with Crippen molar-refractivity contribution >= 4 is 6.03 Å². The van der Waals surface area contributed by atoms with Gasteiger partial charge in [0.25, 0.3) is 0 Å². The number of methoxy groups -OCH3 is 1. The van der Waals surface area contributed by atoms with Crippen LogP contribution in [0.5, 0.6) is 0 Å². The van der Waals surface area contributed by atoms with Gasteiger partial charge in [-0.1, -0.05) is 36.8 Å². The molecule has 7 nitrogen and oxygen atoms in total. The van der Waals surface area contributed by atoms with Gasteiger partial charge >= 0.3 is 6.03 Å². The lowest BCUT2D eigenvalue weighted by atomic mass is 9.68. The molecule has 196 valence electrons. The van der Waals surface area contributed by atoms with Gasteiger partial charge in [0.05, 0.1) is 38.6 Å². The van der Waals surface area contributed by atoms with Crippen LogP contribution < -0.4 is 0 Å². The number of amides is 2. The molecule has 2 amide bonds. The predicted octanol–water partition coefficient (Wildman–Crippen LogP) is 3.97. The normalized spacial score (nSPS) is 27.3. The molecule has 1 spiro atoms. The largest absolute Gasteiger partial charge is 0.382 e. The number of urea groups is 1. The number of rotatable bonds is 13. The fraction of sp³-hybridized carbons (Fsp3) is 0.750. The van der Waals surface area contributed by atoms with Crippen LogP contribution in [0.1, 0.15) is 50.5 Å². The predicted molar refractivity (Wildman–Crippen MR) is 138 cm³/mol. The average Bonchev–Trinajstić information content (AvgIpc) is 3.09. The second-order valence-electron chi connectivity index (χ2n) is 10.8. The standard InChI is InChI=1S/C28H45N3O4/c1-29(2)28(25-10-5-4-6-11-25)14-12-27(13-15-28)23-30(16-17-34-20-21-35-19-18-33-3)26(32)31(27)22-24-8-7-9-24/h4-6,10-11,24H,7-9,12-23H2,1-3H3/t27-,28-. The Bertz CT molecular complexity index is 791. The molecule has 0 unspecified atom stereocenters. The number of ether oxygens (including phenoxy) is 3. The Morgan fingerprint density at radius 2 is 1.60 bits per heavy atom. The summed E-state index contributed by atoms with van der Waals surface area (Å²) in [6.45, 7) is 5.23. The lowest BCUT2D eigenvalue weighted by Gasteiger charge is -2.51. The summed E-state index contributed by atoms with van der Waals surface area (Å²) in [5, 5.41) is 0. The molecule has 0 bridgehead atoms. The van der Waals surface area contributed by atoms with Crippen molar-refractivity contribution in [2.24, 2.45) is 5.92 Å². The first kappa shape index (κ1) is 26.4. The Hall–Kier alpha value is -1.67. The quantitative estimate of drug-likeness (QED) is 0.394. The highest BCUT2D eigenvalue weighted by Crippen LogP contribution is 2.49. The molecule has 0 aromatic heterocycles. The van der Waals surface area contributed by atoms with E-state index in [1.165, 1.54) is 24.8 Å². The van der Waals surface area contributed by atoms with E-state index >= 15 is 0 Å². The third-order valence-corrected chi connectivity index (χ3v) is 8.71. The topological polar surface area (TPSA) is 54.5 Å². The van der Waals surface area contributed by atoms with Crippen LogP contribution in [0, 0.1) is 5.92 Å². The maximum absolute atomic E-state index is 13.6. The van der Waals surface area contributed by atoms with Gasteiger partial charge in [0.1, 0.15) is 0 Å². The molecule has 3 aliphatic rings. The van der Waals surface area contributed by atoms with Crippen molar-refractivity contribution in [1.82, 2.24) is 14.7 Å². The lowest BCUT2D eigenvalue weighted by Crippen LogP contribution is -2.56. The highest BCUT2D eigenvalue weighted by Gasteiger charge is 2.54. The van der Waals surface area contributed by atoms with Crippen molar-refractivity contribution in [2.45, 2.75) is 56.0 Å². The zero-order chi connectivity index (χ0) is 24.7. The van der Waals surface area contributed by atoms with Gasteiger partial charge in [0.15, 0.2) is 0 Å². The first-order chi connectivity index (χ1) is 17.0. The molecular weight excluding hydrogens is 442 g/mol. The molecule has 1 aromatic rings. The van der Waals surface area contributed by atoms with Crippen molar-refractivity contribution in [2.75, 3.05) is 73.9 Å². The first-order valence-electron chi connectivity index (χ1n) is 13.4. The minimum Gasteiger partial charge on any atom is -0.382 e. The summed E-state index contributed by atoms with van der Waals surface area (Å²) >= 11 is 0. The van der Waals surface area contributed by atoms with Crippen LogP contribution >= 0.6 is 0 Å². The lowest BCUT2D eigenvalue weighted by molar-refractivity contribution is 0.0140. The Morgan fingerprint density at radius 3 is 2.20 bits per heavy atom. The smallest absolute Gasteiger partial charge is 0.320 e. The van der Waals surface area contributed by atoms with E-state index in [9.17, 15) is 4.79 Å². The molecule has 1 aliphatic heterocycles. The molecule has 7 heteroatoms. The zero-order valence-corrected chi connectivity index (χ0v) is 22.0. The van der Waals surface area contributed by atoms with Crippen molar-refractivity contribution < 1.29 is 19.0 Å². The summed E-state index contributed by atoms with van der Waals surface area (Å²) in [4.78, 5) is 20.3. The van der Waals surface area contributed by atoms with Gasteiger partial charge in [0, 0.05) is 32.3 Å². The van der Waals surface area contributed by atoms with Gasteiger partial charge < -0.3 is 24.0 Å². The van der Waals surface area contributed by atoms with Crippen LogP contribution in [0.4, 0.5) is 4.79 Å². The van der Waals surface area contributed by atoms with Gasteiger partial charge in [-0.15, -0.1) is 0 Å². The summed E-state index contributed by atoms with van der Waals surface area (Å²) in [6, 6.07) is 11.2. The van der Waals surface area contributed by atoms with E-state index in [4.69, 9.17) is 14.2 Å². The van der Waals surface area contributed by atoms with Crippen molar-refractivity contribution in [3.05, 3.63) is 35.9 Å². The fourth-order valence-corrected chi connectivity index (χ4v) is 6.20. The summed E-state index contributed by atoms with van der Waals surface area (Å²) in [5.74, 6) is 0.672. The van der Waals surface area contributed by atoms with Gasteiger partial charge in [0.2, 0.25) is 0 Å². The molecule has 1 heterocycles. The number of carbonyl (C=O) groups excluding carboxylic acids is 1. The molecule has 2 aliphatic carbocycles. The van der Waals surface area contributed by atoms with E-state index in [0.717, 1.165) is 38.8 Å². The Balaban J connectivity index is 1.38. The highest BCUT2D eigenvalue weighted by molar-refractivity contribution is 5.78. The van der Waals surface area contributed by atoms with Gasteiger partial charge in [-0.2, -0.15) is 0 Å². The van der Waals surface area contributed by atoms with E-state index in [2.05, 4.69) is 59.1 Å². The molecule has 35 heavy (non-hydrogen) atoms. The molecule has 1 aromatic carbocycles. The summed E-state index contributed by atoms with van der Waals surface area (Å²) in [6.07, 6.45) is 8.06. The molecule has 4 rings (SSSR count). The zero-order valence-electron chi connectivity index (χ0n) is 22.0. The Labute approximate surface area is 211 Å². The van der Waals surface area contributed by atoms with E-state index in [-0.39, 0.29) is 17.1 Å². The molecule has 3 fully saturated rings. The summed E-state index contributed by atoms with van der Waals surface area (Å²) in [5.41, 5.74) is 1.38. The molecule has 2 saturated carbocycles. The molecule has 0 N–H and O–H groups in total. The van der Waals surface area contributed by atoms with Crippen LogP contribution in [0.15, 0.2) is 30.3 Å². The summed E-state index contributed by atoms with van der Waals surface area (Å²) < 4.78 is 16.2. The van der Waals surface area contributed by atoms with Crippen LogP contribution in [0.3, 0.4) is 0 Å². The minimum atomic E-state index is -0.0514. The van der Waals surface area contributed by atoms with E-state index < -0.39 is 0 Å². The number of nitrogens with zero attached hydrogens (tertiary/aromatic N) is 3. The van der Waals surface area contributed by atoms with E-state index in [1.54, 1.807) is 7.11 Å². The third kappa shape index (κ3) is 5.85. The molecule has 0 atom stereocenters. The van der Waals surface area contributed by atoms with Gasteiger partial charge in [-0.3, -0.25) is 4.90 Å². The molecule has 0 radical (unpaired) electrons. The van der Waals surface area contributed by atoms with Gasteiger partial charge in [-0.05, 0) is 64.1 Å². The first-order valence-corrected chi connectivity index (χ1v) is 13.4. The number of hydrogen-bond donors (Lipinski definition) is 0. The monoisotopic (exact) mass is 487 g/mol. The third-order valence-electron chi connectivity index (χ3n) is 8.71. The molecule has 1 saturated heterocycles. The van der Waals surface area contributed by atoms with Crippen LogP contribution in [0.25, 0.3) is 0 Å². The van der Waals surface area contributed by atoms with Crippen molar-refractivity contribution in [3.8, 4) is 0 Å². The fourth-order valence-electron chi connectivity index (χ4n) is 6.20. The van der Waals surface area contributed by atoms with Crippen molar-refractivity contribution in [3.63, 3.8) is 0 Å². The summed E-state index contributed by atoms with van der Waals surface area (Å²) in [7, 11) is 6.08. The Morgan fingerprint density at radius 1 is 0.943 bits per heavy atom. The Kier molecular flexibility index (Phi) is 9.08. The molecular formula is C28H45N3O4. The van der Waals surface area contributed by atoms with Crippen LogP contribution in [0.2, 0.25) is 0 Å². The minimum absolute atomic E-state index is 0.0387. The number of hydrogen-bond acceptors (Lipinski definition) is 5. The van der Waals surface area contributed by atoms with E-state index in [1.807, 2.05) is 0 Å². The average molecular weight is 488 g/mol.